The van der Waals surface area contributed by atoms with Gasteiger partial charge in [-0.3, -0.25) is 9.78 Å². The molecule has 0 radical (unpaired) electrons. The molecular weight excluding hydrogens is 371 g/mol. The molecule has 2 aromatic carbocycles. The van der Waals surface area contributed by atoms with Crippen molar-refractivity contribution >= 4 is 45.7 Å². The predicted octanol–water partition coefficient (Wildman–Crippen LogP) is 5.29. The van der Waals surface area contributed by atoms with Gasteiger partial charge in [-0.2, -0.15) is 0 Å². The lowest BCUT2D eigenvalue weighted by atomic mass is 10.0. The van der Waals surface area contributed by atoms with Gasteiger partial charge < -0.3 is 10.1 Å². The highest BCUT2D eigenvalue weighted by molar-refractivity contribution is 6.32. The lowest BCUT2D eigenvalue weighted by Crippen LogP contribution is -2.15. The quantitative estimate of drug-likeness (QED) is 0.664. The number of nitrogens with one attached hydrogen (secondary N) is 1. The largest absolute Gasteiger partial charge is 0.495 e. The Morgan fingerprint density at radius 1 is 1.15 bits per heavy atom. The van der Waals surface area contributed by atoms with Crippen molar-refractivity contribution < 1.29 is 9.53 Å². The number of halogens is 2. The normalized spacial score (nSPS) is 12.9. The maximum atomic E-state index is 13.1. The molecule has 132 valence electrons. The van der Waals surface area contributed by atoms with Crippen molar-refractivity contribution in [2.24, 2.45) is 0 Å². The van der Waals surface area contributed by atoms with Gasteiger partial charge in [0.05, 0.1) is 23.2 Å². The number of aromatic nitrogens is 1. The molecule has 4 rings (SSSR count). The van der Waals surface area contributed by atoms with Crippen molar-refractivity contribution in [3.63, 3.8) is 0 Å². The average Bonchev–Trinajstić information content (AvgIpc) is 3.07. The first kappa shape index (κ1) is 17.1. The number of rotatable bonds is 3. The van der Waals surface area contributed by atoms with Crippen LogP contribution in [0, 0.1) is 0 Å². The van der Waals surface area contributed by atoms with Crippen LogP contribution < -0.4 is 10.1 Å². The van der Waals surface area contributed by atoms with E-state index in [9.17, 15) is 4.79 Å². The molecule has 4 nitrogen and oxygen atoms in total. The zero-order valence-corrected chi connectivity index (χ0v) is 15.6. The van der Waals surface area contributed by atoms with E-state index in [2.05, 4.69) is 5.32 Å². The number of hydrogen-bond acceptors (Lipinski definition) is 3. The van der Waals surface area contributed by atoms with Crippen LogP contribution in [0.1, 0.15) is 28.0 Å². The van der Waals surface area contributed by atoms with Gasteiger partial charge in [0, 0.05) is 21.8 Å². The molecule has 0 saturated heterocycles. The summed E-state index contributed by atoms with van der Waals surface area (Å²) in [6.45, 7) is 0. The van der Waals surface area contributed by atoms with E-state index < -0.39 is 0 Å². The first-order valence-electron chi connectivity index (χ1n) is 8.32. The molecule has 1 N–H and O–H groups in total. The third kappa shape index (κ3) is 3.00. The van der Waals surface area contributed by atoms with Crippen molar-refractivity contribution in [2.75, 3.05) is 12.4 Å². The second kappa shape index (κ2) is 6.78. The number of carbonyl (C=O) groups excluding carboxylic acids is 1. The van der Waals surface area contributed by atoms with Crippen LogP contribution >= 0.6 is 23.2 Å². The number of aryl methyl sites for hydroxylation is 1. The van der Waals surface area contributed by atoms with Crippen LogP contribution in [0.4, 0.5) is 5.69 Å². The van der Waals surface area contributed by atoms with Gasteiger partial charge >= 0.3 is 0 Å². The van der Waals surface area contributed by atoms with Gasteiger partial charge in [-0.1, -0.05) is 23.2 Å². The molecule has 1 aromatic heterocycles. The van der Waals surface area contributed by atoms with Gasteiger partial charge in [-0.25, -0.2) is 0 Å². The number of fused-ring (bicyclic) bond motifs is 2. The molecular formula is C20H16Cl2N2O2. The number of carbonyl (C=O) groups is 1. The van der Waals surface area contributed by atoms with E-state index >= 15 is 0 Å². The molecule has 0 aliphatic heterocycles. The summed E-state index contributed by atoms with van der Waals surface area (Å²) in [5.41, 5.74) is 4.05. The summed E-state index contributed by atoms with van der Waals surface area (Å²) in [7, 11) is 1.55. The molecule has 1 amide bonds. The number of methoxy groups -OCH3 is 1. The maximum absolute atomic E-state index is 13.1. The topological polar surface area (TPSA) is 51.2 Å². The molecule has 0 atom stereocenters. The molecule has 6 heteroatoms. The van der Waals surface area contributed by atoms with Crippen LogP contribution in [0.2, 0.25) is 10.0 Å². The Morgan fingerprint density at radius 3 is 2.77 bits per heavy atom. The zero-order valence-electron chi connectivity index (χ0n) is 14.1. The fourth-order valence-corrected chi connectivity index (χ4v) is 3.86. The van der Waals surface area contributed by atoms with Crippen molar-refractivity contribution in [2.45, 2.75) is 19.3 Å². The Bertz CT molecular complexity index is 1030. The Kier molecular flexibility index (Phi) is 4.47. The van der Waals surface area contributed by atoms with Crippen molar-refractivity contribution in [3.8, 4) is 5.75 Å². The van der Waals surface area contributed by atoms with E-state index in [1.807, 2.05) is 6.07 Å². The van der Waals surface area contributed by atoms with E-state index in [0.717, 1.165) is 41.4 Å². The average molecular weight is 387 g/mol. The van der Waals surface area contributed by atoms with Crippen LogP contribution in [0.15, 0.2) is 36.4 Å². The number of hydrogen-bond donors (Lipinski definition) is 1. The van der Waals surface area contributed by atoms with Crippen molar-refractivity contribution in [1.29, 1.82) is 0 Å². The van der Waals surface area contributed by atoms with E-state index in [0.29, 0.717) is 27.0 Å². The van der Waals surface area contributed by atoms with E-state index in [4.69, 9.17) is 32.9 Å². The van der Waals surface area contributed by atoms with Gasteiger partial charge in [-0.15, -0.1) is 0 Å². The summed E-state index contributed by atoms with van der Waals surface area (Å²) in [4.78, 5) is 17.8. The van der Waals surface area contributed by atoms with Crippen LogP contribution in [-0.2, 0) is 12.8 Å². The third-order valence-corrected chi connectivity index (χ3v) is 5.14. The SMILES string of the molecule is COc1ccc(NC(=O)c2c3c(nc4ccc(Cl)cc24)CCC3)cc1Cl. The van der Waals surface area contributed by atoms with Gasteiger partial charge in [0.15, 0.2) is 0 Å². The Morgan fingerprint density at radius 2 is 2.00 bits per heavy atom. The minimum atomic E-state index is -0.181. The predicted molar refractivity (Wildman–Crippen MR) is 105 cm³/mol. The summed E-state index contributed by atoms with van der Waals surface area (Å²) in [6, 6.07) is 10.6. The summed E-state index contributed by atoms with van der Waals surface area (Å²) >= 11 is 12.3. The monoisotopic (exact) mass is 386 g/mol. The molecule has 1 aliphatic rings. The molecule has 3 aromatic rings. The molecule has 1 aliphatic carbocycles. The molecule has 0 unspecified atom stereocenters. The minimum absolute atomic E-state index is 0.181. The van der Waals surface area contributed by atoms with Crippen LogP contribution in [0.5, 0.6) is 5.75 Å². The number of benzene rings is 2. The standard InChI is InChI=1S/C20H16Cl2N2O2/c1-26-18-8-6-12(10-15(18)22)23-20(25)19-13-3-2-4-16(13)24-17-7-5-11(21)9-14(17)19/h5-10H,2-4H2,1H3,(H,23,25). The van der Waals surface area contributed by atoms with Gasteiger partial charge in [-0.05, 0) is 61.2 Å². The number of amides is 1. The number of pyridine rings is 1. The highest BCUT2D eigenvalue weighted by atomic mass is 35.5. The summed E-state index contributed by atoms with van der Waals surface area (Å²) in [5, 5.41) is 4.74. The van der Waals surface area contributed by atoms with Gasteiger partial charge in [0.1, 0.15) is 5.75 Å². The lowest BCUT2D eigenvalue weighted by Gasteiger charge is -2.14. The first-order valence-corrected chi connectivity index (χ1v) is 9.08. The number of anilines is 1. The Hall–Kier alpha value is -2.30. The fraction of sp³-hybridized carbons (Fsp3) is 0.200. The van der Waals surface area contributed by atoms with E-state index in [1.54, 1.807) is 37.4 Å². The smallest absolute Gasteiger partial charge is 0.256 e. The molecule has 0 fully saturated rings. The zero-order chi connectivity index (χ0) is 18.3. The Labute approximate surface area is 161 Å². The van der Waals surface area contributed by atoms with E-state index in [1.165, 1.54) is 0 Å². The summed E-state index contributed by atoms with van der Waals surface area (Å²) in [6.07, 6.45) is 2.74. The second-order valence-electron chi connectivity index (χ2n) is 6.23. The maximum Gasteiger partial charge on any atom is 0.256 e. The first-order chi connectivity index (χ1) is 12.6. The number of nitrogens with zero attached hydrogens (tertiary/aromatic N) is 1. The van der Waals surface area contributed by atoms with Crippen molar-refractivity contribution in [3.05, 3.63) is 63.3 Å². The molecule has 0 bridgehead atoms. The third-order valence-electron chi connectivity index (χ3n) is 4.61. The van der Waals surface area contributed by atoms with Crippen LogP contribution in [-0.4, -0.2) is 18.0 Å². The minimum Gasteiger partial charge on any atom is -0.495 e. The molecule has 26 heavy (non-hydrogen) atoms. The Balaban J connectivity index is 1.79. The molecule has 0 saturated carbocycles. The molecule has 0 spiro atoms. The highest BCUT2D eigenvalue weighted by Gasteiger charge is 2.24. The second-order valence-corrected chi connectivity index (χ2v) is 7.07. The van der Waals surface area contributed by atoms with Crippen LogP contribution in [0.3, 0.4) is 0 Å². The number of ether oxygens (including phenoxy) is 1. The summed E-state index contributed by atoms with van der Waals surface area (Å²) < 4.78 is 5.15. The van der Waals surface area contributed by atoms with Gasteiger partial charge in [0.2, 0.25) is 0 Å². The van der Waals surface area contributed by atoms with Crippen LogP contribution in [0.25, 0.3) is 10.9 Å². The van der Waals surface area contributed by atoms with Gasteiger partial charge in [0.25, 0.3) is 5.91 Å². The highest BCUT2D eigenvalue weighted by Crippen LogP contribution is 2.33. The molecule has 1 heterocycles. The summed E-state index contributed by atoms with van der Waals surface area (Å²) in [5.74, 6) is 0.380. The fourth-order valence-electron chi connectivity index (χ4n) is 3.43. The van der Waals surface area contributed by atoms with Crippen molar-refractivity contribution in [1.82, 2.24) is 4.98 Å². The lowest BCUT2D eigenvalue weighted by molar-refractivity contribution is 0.102. The van der Waals surface area contributed by atoms with E-state index in [-0.39, 0.29) is 5.91 Å².